The average Bonchev–Trinajstić information content (AvgIpc) is 3.36. The molecule has 234 valence electrons. The van der Waals surface area contributed by atoms with E-state index in [4.69, 9.17) is 9.47 Å². The lowest BCUT2D eigenvalue weighted by molar-refractivity contribution is -0.113. The molecule has 1 aliphatic rings. The molecule has 4 aromatic rings. The Morgan fingerprint density at radius 2 is 1.73 bits per heavy atom. The summed E-state index contributed by atoms with van der Waals surface area (Å²) in [5.41, 5.74) is 1.68. The molecular formula is C34H35N3O6S2. The summed E-state index contributed by atoms with van der Waals surface area (Å²) in [5.74, 6) is -0.937. The first-order chi connectivity index (χ1) is 21.5. The van der Waals surface area contributed by atoms with Gasteiger partial charge in [0.1, 0.15) is 10.6 Å². The van der Waals surface area contributed by atoms with Gasteiger partial charge >= 0.3 is 12.1 Å². The van der Waals surface area contributed by atoms with Crippen LogP contribution in [0.1, 0.15) is 58.9 Å². The smallest absolute Gasteiger partial charge is 0.410 e. The highest BCUT2D eigenvalue weighted by Gasteiger charge is 2.32. The predicted octanol–water partition coefficient (Wildman–Crippen LogP) is 7.35. The molecule has 0 saturated carbocycles. The van der Waals surface area contributed by atoms with Crippen molar-refractivity contribution in [3.8, 4) is 0 Å². The number of thiophene rings is 1. The van der Waals surface area contributed by atoms with Crippen LogP contribution in [0.2, 0.25) is 0 Å². The van der Waals surface area contributed by atoms with Gasteiger partial charge in [0.25, 0.3) is 5.91 Å². The molecular weight excluding hydrogens is 611 g/mol. The topological polar surface area (TPSA) is 114 Å². The van der Waals surface area contributed by atoms with Crippen LogP contribution in [-0.4, -0.2) is 53.3 Å². The van der Waals surface area contributed by atoms with Gasteiger partial charge < -0.3 is 25.0 Å². The molecule has 5 rings (SSSR count). The molecule has 1 aliphatic heterocycles. The van der Waals surface area contributed by atoms with E-state index in [1.165, 1.54) is 23.1 Å². The summed E-state index contributed by atoms with van der Waals surface area (Å²) in [5, 5.41) is 8.29. The molecule has 1 aromatic heterocycles. The molecule has 0 bridgehead atoms. The van der Waals surface area contributed by atoms with Crippen LogP contribution in [0.5, 0.6) is 0 Å². The van der Waals surface area contributed by atoms with Gasteiger partial charge in [-0.3, -0.25) is 9.59 Å². The second-order valence-electron chi connectivity index (χ2n) is 11.5. The van der Waals surface area contributed by atoms with Gasteiger partial charge in [-0.1, -0.05) is 36.4 Å². The van der Waals surface area contributed by atoms with Crippen LogP contribution in [0.15, 0.2) is 71.6 Å². The number of hydrogen-bond donors (Lipinski definition) is 2. The molecule has 2 N–H and O–H groups in total. The van der Waals surface area contributed by atoms with E-state index in [0.717, 1.165) is 26.1 Å². The van der Waals surface area contributed by atoms with Crippen LogP contribution in [0.25, 0.3) is 10.8 Å². The van der Waals surface area contributed by atoms with E-state index in [2.05, 4.69) is 10.6 Å². The fourth-order valence-electron chi connectivity index (χ4n) is 4.90. The van der Waals surface area contributed by atoms with Crippen LogP contribution in [0.3, 0.4) is 0 Å². The highest BCUT2D eigenvalue weighted by molar-refractivity contribution is 8.00. The van der Waals surface area contributed by atoms with E-state index in [1.807, 2.05) is 75.4 Å². The van der Waals surface area contributed by atoms with Crippen molar-refractivity contribution >= 4 is 68.4 Å². The molecule has 0 spiro atoms. The van der Waals surface area contributed by atoms with Gasteiger partial charge in [-0.2, -0.15) is 0 Å². The first-order valence-electron chi connectivity index (χ1n) is 14.6. The number of esters is 1. The summed E-state index contributed by atoms with van der Waals surface area (Å²) in [7, 11) is 0. The standard InChI is InChI=1S/C34H35N3O6S2/c1-5-42-32(40)29-26-15-16-37(33(41)43-34(2,3)4)19-27(26)45-31(29)36-28(38)20-44-25-12-8-11-24(18-25)35-30(39)23-14-13-21-9-6-7-10-22(21)17-23/h6-14,17-18H,5,15-16,19-20H2,1-4H3,(H,35,39)(H,36,38). The van der Waals surface area contributed by atoms with E-state index >= 15 is 0 Å². The molecule has 45 heavy (non-hydrogen) atoms. The number of ether oxygens (including phenoxy) is 2. The Bertz CT molecular complexity index is 1760. The maximum atomic E-state index is 13.1. The van der Waals surface area contributed by atoms with Crippen LogP contribution < -0.4 is 10.6 Å². The first-order valence-corrected chi connectivity index (χ1v) is 16.4. The number of rotatable bonds is 8. The minimum Gasteiger partial charge on any atom is -0.462 e. The zero-order valence-corrected chi connectivity index (χ0v) is 27.2. The monoisotopic (exact) mass is 645 g/mol. The zero-order valence-electron chi connectivity index (χ0n) is 25.6. The van der Waals surface area contributed by atoms with Crippen LogP contribution in [0.4, 0.5) is 15.5 Å². The van der Waals surface area contributed by atoms with Gasteiger partial charge in [0.2, 0.25) is 5.91 Å². The van der Waals surface area contributed by atoms with Crippen molar-refractivity contribution in [3.05, 3.63) is 88.3 Å². The lowest BCUT2D eigenvalue weighted by Crippen LogP contribution is -2.39. The number of hydrogen-bond acceptors (Lipinski definition) is 8. The molecule has 2 heterocycles. The molecule has 0 aliphatic carbocycles. The van der Waals surface area contributed by atoms with Gasteiger partial charge in [0.05, 0.1) is 24.5 Å². The number of carbonyl (C=O) groups is 4. The number of thioether (sulfide) groups is 1. The summed E-state index contributed by atoms with van der Waals surface area (Å²) in [6.07, 6.45) is 0.0265. The maximum Gasteiger partial charge on any atom is 0.410 e. The molecule has 0 fully saturated rings. The summed E-state index contributed by atoms with van der Waals surface area (Å²) in [6.45, 7) is 8.04. The summed E-state index contributed by atoms with van der Waals surface area (Å²) in [4.78, 5) is 54.8. The second-order valence-corrected chi connectivity index (χ2v) is 13.6. The van der Waals surface area contributed by atoms with Crippen molar-refractivity contribution in [2.45, 2.75) is 51.2 Å². The Kier molecular flexibility index (Phi) is 9.79. The minimum absolute atomic E-state index is 0.0803. The molecule has 3 amide bonds. The van der Waals surface area contributed by atoms with Gasteiger partial charge in [-0.15, -0.1) is 23.1 Å². The van der Waals surface area contributed by atoms with E-state index in [-0.39, 0.29) is 30.7 Å². The van der Waals surface area contributed by atoms with Crippen LogP contribution >= 0.6 is 23.1 Å². The fourth-order valence-corrected chi connectivity index (χ4v) is 6.92. The molecule has 0 atom stereocenters. The Labute approximate surface area is 270 Å². The third kappa shape index (κ3) is 8.03. The SMILES string of the molecule is CCOC(=O)c1c(NC(=O)CSc2cccc(NC(=O)c3ccc4ccccc4c3)c2)sc2c1CCN(C(=O)OC(C)(C)C)C2. The third-order valence-corrected chi connectivity index (χ3v) is 9.04. The number of nitrogens with one attached hydrogen (secondary N) is 2. The maximum absolute atomic E-state index is 13.1. The lowest BCUT2D eigenvalue weighted by Gasteiger charge is -2.30. The third-order valence-electron chi connectivity index (χ3n) is 6.91. The van der Waals surface area contributed by atoms with Crippen molar-refractivity contribution in [1.82, 2.24) is 4.90 Å². The summed E-state index contributed by atoms with van der Waals surface area (Å²) < 4.78 is 10.8. The first kappa shape index (κ1) is 32.1. The highest BCUT2D eigenvalue weighted by atomic mass is 32.2. The largest absolute Gasteiger partial charge is 0.462 e. The number of benzene rings is 3. The zero-order chi connectivity index (χ0) is 32.1. The molecule has 0 saturated heterocycles. The Morgan fingerprint density at radius 3 is 2.49 bits per heavy atom. The number of amides is 3. The molecule has 9 nitrogen and oxygen atoms in total. The Morgan fingerprint density at radius 1 is 0.956 bits per heavy atom. The molecule has 11 heteroatoms. The van der Waals surface area contributed by atoms with E-state index in [9.17, 15) is 19.2 Å². The van der Waals surface area contributed by atoms with Crippen molar-refractivity contribution in [2.24, 2.45) is 0 Å². The van der Waals surface area contributed by atoms with Gasteiger partial charge in [0, 0.05) is 27.6 Å². The Balaban J connectivity index is 1.23. The molecule has 0 unspecified atom stereocenters. The second kappa shape index (κ2) is 13.7. The number of nitrogens with zero attached hydrogens (tertiary/aromatic N) is 1. The van der Waals surface area contributed by atoms with Gasteiger partial charge in [-0.05, 0) is 80.8 Å². The van der Waals surface area contributed by atoms with Crippen molar-refractivity contribution in [1.29, 1.82) is 0 Å². The predicted molar refractivity (Wildman–Crippen MR) is 178 cm³/mol. The van der Waals surface area contributed by atoms with E-state index in [1.54, 1.807) is 24.0 Å². The quantitative estimate of drug-likeness (QED) is 0.152. The Hall–Kier alpha value is -4.35. The van der Waals surface area contributed by atoms with Crippen molar-refractivity contribution < 1.29 is 28.7 Å². The number of carbonyl (C=O) groups excluding carboxylic acids is 4. The summed E-state index contributed by atoms with van der Waals surface area (Å²) >= 11 is 2.59. The van der Waals surface area contributed by atoms with E-state index < -0.39 is 17.7 Å². The van der Waals surface area contributed by atoms with Gasteiger partial charge in [-0.25, -0.2) is 9.59 Å². The lowest BCUT2D eigenvalue weighted by atomic mass is 10.0. The fraction of sp³-hybridized carbons (Fsp3) is 0.294. The number of anilines is 2. The molecule has 3 aromatic carbocycles. The minimum atomic E-state index is -0.623. The van der Waals surface area contributed by atoms with E-state index in [0.29, 0.717) is 34.8 Å². The highest BCUT2D eigenvalue weighted by Crippen LogP contribution is 2.38. The number of fused-ring (bicyclic) bond motifs is 2. The van der Waals surface area contributed by atoms with Crippen LogP contribution in [0, 0.1) is 0 Å². The average molecular weight is 646 g/mol. The van der Waals surface area contributed by atoms with Crippen LogP contribution in [-0.2, 0) is 27.2 Å². The van der Waals surface area contributed by atoms with Crippen molar-refractivity contribution in [2.75, 3.05) is 29.5 Å². The molecule has 0 radical (unpaired) electrons. The normalized spacial score (nSPS) is 12.8. The van der Waals surface area contributed by atoms with Crippen molar-refractivity contribution in [3.63, 3.8) is 0 Å². The summed E-state index contributed by atoms with van der Waals surface area (Å²) in [6, 6.07) is 20.7. The van der Waals surface area contributed by atoms with Gasteiger partial charge in [0.15, 0.2) is 0 Å².